The number of aromatic nitrogens is 1. The number of amides is 1. The molecule has 7 nitrogen and oxygen atoms in total. The molecule has 2 aromatic rings. The summed E-state index contributed by atoms with van der Waals surface area (Å²) in [6.45, 7) is 0.525. The summed E-state index contributed by atoms with van der Waals surface area (Å²) in [5.41, 5.74) is 4.20. The number of amidine groups is 1. The second-order valence-electron chi connectivity index (χ2n) is 7.79. The molecule has 3 N–H and O–H groups in total. The van der Waals surface area contributed by atoms with Gasteiger partial charge in [-0.3, -0.25) is 9.79 Å². The highest BCUT2D eigenvalue weighted by Crippen LogP contribution is 2.43. The topological polar surface area (TPSA) is 115 Å². The molecule has 3 rings (SSSR count). The van der Waals surface area contributed by atoms with Crippen molar-refractivity contribution in [2.24, 2.45) is 10.7 Å². The fourth-order valence-corrected chi connectivity index (χ4v) is 5.37. The fourth-order valence-electron chi connectivity index (χ4n) is 3.95. The average molecular weight is 469 g/mol. The molecule has 32 heavy (non-hydrogen) atoms. The van der Waals surface area contributed by atoms with E-state index in [-0.39, 0.29) is 42.0 Å². The van der Waals surface area contributed by atoms with E-state index < -0.39 is 44.3 Å². The Bertz CT molecular complexity index is 1170. The molecule has 172 valence electrons. The molecule has 1 aromatic heterocycles. The quantitative estimate of drug-likeness (QED) is 0.676. The molecular weight excluding hydrogens is 445 g/mol. The lowest BCUT2D eigenvalue weighted by Gasteiger charge is -2.41. The van der Waals surface area contributed by atoms with Crippen LogP contribution >= 0.6 is 0 Å². The Labute approximate surface area is 183 Å². The number of sulfone groups is 1. The van der Waals surface area contributed by atoms with Crippen LogP contribution in [0.4, 0.5) is 18.9 Å². The first-order valence-electron chi connectivity index (χ1n) is 9.82. The molecule has 2 heterocycles. The summed E-state index contributed by atoms with van der Waals surface area (Å²) >= 11 is 0. The Balaban J connectivity index is 2.00. The van der Waals surface area contributed by atoms with Crippen LogP contribution in [0, 0.1) is 11.6 Å². The first-order valence-corrected chi connectivity index (χ1v) is 11.7. The fraction of sp³-hybridized carbons (Fsp3) is 0.381. The summed E-state index contributed by atoms with van der Waals surface area (Å²) in [4.78, 5) is 20.2. The lowest BCUT2D eigenvalue weighted by Crippen LogP contribution is -2.55. The molecule has 0 spiro atoms. The van der Waals surface area contributed by atoms with Crippen molar-refractivity contribution < 1.29 is 26.4 Å². The van der Waals surface area contributed by atoms with E-state index in [0.29, 0.717) is 0 Å². The summed E-state index contributed by atoms with van der Waals surface area (Å²) < 4.78 is 65.4. The van der Waals surface area contributed by atoms with Crippen LogP contribution in [0.3, 0.4) is 0 Å². The number of carbonyl (C=O) groups excluding carboxylic acids is 1. The van der Waals surface area contributed by atoms with Gasteiger partial charge in [0.15, 0.2) is 9.84 Å². The van der Waals surface area contributed by atoms with Gasteiger partial charge in [-0.25, -0.2) is 26.6 Å². The Morgan fingerprint density at radius 1 is 1.22 bits per heavy atom. The number of nitrogens with two attached hydrogens (primary N) is 1. The molecule has 0 aliphatic carbocycles. The second-order valence-corrected chi connectivity index (χ2v) is 10.1. The Morgan fingerprint density at radius 3 is 2.47 bits per heavy atom. The molecular formula is C21H23F3N4O3S. The van der Waals surface area contributed by atoms with Crippen molar-refractivity contribution >= 4 is 27.3 Å². The Morgan fingerprint density at radius 2 is 1.94 bits per heavy atom. The molecule has 1 aliphatic heterocycles. The third-order valence-corrected chi connectivity index (χ3v) is 8.05. The van der Waals surface area contributed by atoms with E-state index in [1.807, 2.05) is 0 Å². The summed E-state index contributed by atoms with van der Waals surface area (Å²) in [5, 5.41) is 2.50. The van der Waals surface area contributed by atoms with Gasteiger partial charge in [-0.15, -0.1) is 0 Å². The molecule has 11 heteroatoms. The number of hydrogen-bond donors (Lipinski definition) is 2. The number of carbonyl (C=O) groups is 1. The number of aliphatic imine (C=N–C) groups is 1. The molecule has 2 atom stereocenters. The predicted octanol–water partition coefficient (Wildman–Crippen LogP) is 3.12. The van der Waals surface area contributed by atoms with Gasteiger partial charge in [0.05, 0.1) is 6.20 Å². The van der Waals surface area contributed by atoms with E-state index in [0.717, 1.165) is 24.6 Å². The number of halogens is 3. The second kappa shape index (κ2) is 8.53. The normalized spacial score (nSPS) is 23.5. The van der Waals surface area contributed by atoms with E-state index in [1.165, 1.54) is 18.2 Å². The van der Waals surface area contributed by atoms with Gasteiger partial charge < -0.3 is 11.1 Å². The van der Waals surface area contributed by atoms with Gasteiger partial charge in [-0.05, 0) is 49.6 Å². The molecule has 0 fully saturated rings. The highest BCUT2D eigenvalue weighted by atomic mass is 32.2. The third-order valence-electron chi connectivity index (χ3n) is 5.93. The van der Waals surface area contributed by atoms with Crippen molar-refractivity contribution in [2.75, 3.05) is 18.2 Å². The first kappa shape index (κ1) is 23.7. The molecule has 0 saturated heterocycles. The van der Waals surface area contributed by atoms with E-state index >= 15 is 0 Å². The zero-order chi connectivity index (χ0) is 23.7. The van der Waals surface area contributed by atoms with Crippen molar-refractivity contribution in [1.82, 2.24) is 4.98 Å². The molecule has 1 aromatic carbocycles. The summed E-state index contributed by atoms with van der Waals surface area (Å²) in [7, 11) is -3.66. The van der Waals surface area contributed by atoms with Gasteiger partial charge in [0.2, 0.25) is 0 Å². The van der Waals surface area contributed by atoms with Crippen LogP contribution in [0.5, 0.6) is 0 Å². The monoisotopic (exact) mass is 468 g/mol. The van der Waals surface area contributed by atoms with E-state index in [2.05, 4.69) is 15.3 Å². The number of nitrogens with one attached hydrogen (secondary N) is 1. The third kappa shape index (κ3) is 4.08. The minimum Gasteiger partial charge on any atom is -0.386 e. The number of benzene rings is 1. The van der Waals surface area contributed by atoms with Gasteiger partial charge >= 0.3 is 0 Å². The Kier molecular flexibility index (Phi) is 6.32. The smallest absolute Gasteiger partial charge is 0.274 e. The van der Waals surface area contributed by atoms with E-state index in [9.17, 15) is 26.4 Å². The molecule has 0 radical (unpaired) electrons. The summed E-state index contributed by atoms with van der Waals surface area (Å²) in [5.74, 6) is -2.33. The minimum atomic E-state index is -3.66. The summed E-state index contributed by atoms with van der Waals surface area (Å²) in [6.07, 6.45) is 1.94. The van der Waals surface area contributed by atoms with Gasteiger partial charge in [0, 0.05) is 17.5 Å². The van der Waals surface area contributed by atoms with Crippen molar-refractivity contribution in [3.8, 4) is 0 Å². The van der Waals surface area contributed by atoms with Crippen molar-refractivity contribution in [3.05, 3.63) is 59.4 Å². The van der Waals surface area contributed by atoms with Gasteiger partial charge in [0.1, 0.15) is 40.1 Å². The van der Waals surface area contributed by atoms with Crippen LogP contribution in [0.15, 0.2) is 41.5 Å². The molecule has 0 unspecified atom stereocenters. The standard InChI is InChI=1S/C21H23F3N4O3S/c1-3-21(32(2,30)31)9-8-20(12-22,28-19(21)25)15-10-14(5-6-16(15)24)27-18(29)17-7-4-13(23)11-26-17/h4-7,10-11H,3,8-9,12H2,1-2H3,(H2,25,28)(H,27,29)/t20-,21+/m1/s1. The van der Waals surface area contributed by atoms with E-state index in [1.54, 1.807) is 6.92 Å². The maximum atomic E-state index is 14.8. The highest BCUT2D eigenvalue weighted by Gasteiger charge is 2.51. The summed E-state index contributed by atoms with van der Waals surface area (Å²) in [6, 6.07) is 5.79. The number of nitrogens with zero attached hydrogens (tertiary/aromatic N) is 2. The molecule has 1 aliphatic rings. The van der Waals surface area contributed by atoms with E-state index in [4.69, 9.17) is 5.73 Å². The highest BCUT2D eigenvalue weighted by molar-refractivity contribution is 7.92. The number of hydrogen-bond acceptors (Lipinski definition) is 6. The van der Waals surface area contributed by atoms with Crippen LogP contribution in [-0.4, -0.2) is 42.8 Å². The molecule has 1 amide bonds. The minimum absolute atomic E-state index is 0.0306. The number of anilines is 1. The van der Waals surface area contributed by atoms with Crippen LogP contribution in [0.25, 0.3) is 0 Å². The first-order chi connectivity index (χ1) is 15.0. The number of pyridine rings is 1. The number of alkyl halides is 1. The average Bonchev–Trinajstić information content (AvgIpc) is 2.74. The van der Waals surface area contributed by atoms with Gasteiger partial charge in [-0.2, -0.15) is 0 Å². The van der Waals surface area contributed by atoms with Crippen molar-refractivity contribution in [2.45, 2.75) is 36.5 Å². The van der Waals surface area contributed by atoms with Crippen molar-refractivity contribution in [3.63, 3.8) is 0 Å². The molecule has 0 saturated carbocycles. The zero-order valence-electron chi connectivity index (χ0n) is 17.5. The maximum Gasteiger partial charge on any atom is 0.274 e. The Hall–Kier alpha value is -2.95. The van der Waals surface area contributed by atoms with Crippen LogP contribution in [0.1, 0.15) is 42.2 Å². The lowest BCUT2D eigenvalue weighted by atomic mass is 9.79. The lowest BCUT2D eigenvalue weighted by molar-refractivity contribution is 0.102. The SMILES string of the molecule is CC[C@]1(S(C)(=O)=O)CC[C@@](CF)(c2cc(NC(=O)c3ccc(F)cn3)ccc2F)N=C1N. The van der Waals surface area contributed by atoms with Crippen LogP contribution in [0.2, 0.25) is 0 Å². The maximum absolute atomic E-state index is 14.8. The predicted molar refractivity (Wildman–Crippen MR) is 115 cm³/mol. The van der Waals surface area contributed by atoms with Gasteiger partial charge in [-0.1, -0.05) is 6.92 Å². The van der Waals surface area contributed by atoms with Gasteiger partial charge in [0.25, 0.3) is 5.91 Å². The molecule has 0 bridgehead atoms. The van der Waals surface area contributed by atoms with Crippen molar-refractivity contribution in [1.29, 1.82) is 0 Å². The zero-order valence-corrected chi connectivity index (χ0v) is 18.3. The largest absolute Gasteiger partial charge is 0.386 e. The van der Waals surface area contributed by atoms with Crippen LogP contribution < -0.4 is 11.1 Å². The number of rotatable bonds is 6. The van der Waals surface area contributed by atoms with Crippen LogP contribution in [-0.2, 0) is 15.4 Å².